The van der Waals surface area contributed by atoms with Crippen LogP contribution in [0.2, 0.25) is 0 Å². The highest BCUT2D eigenvalue weighted by atomic mass is 15.2. The van der Waals surface area contributed by atoms with Crippen molar-refractivity contribution in [1.82, 2.24) is 10.3 Å². The Bertz CT molecular complexity index is 444. The minimum Gasteiger partial charge on any atom is -0.354 e. The van der Waals surface area contributed by atoms with E-state index in [-0.39, 0.29) is 0 Å². The van der Waals surface area contributed by atoms with Crippen LogP contribution in [-0.2, 0) is 0 Å². The van der Waals surface area contributed by atoms with Crippen molar-refractivity contribution in [2.24, 2.45) is 0 Å². The van der Waals surface area contributed by atoms with Crippen LogP contribution < -0.4 is 10.2 Å². The molecule has 1 fully saturated rings. The second-order valence-corrected chi connectivity index (χ2v) is 4.77. The summed E-state index contributed by atoms with van der Waals surface area (Å²) in [7, 11) is 0. The van der Waals surface area contributed by atoms with Crippen LogP contribution in [0.25, 0.3) is 0 Å². The van der Waals surface area contributed by atoms with Crippen molar-refractivity contribution in [2.75, 3.05) is 24.5 Å². The predicted octanol–water partition coefficient (Wildman–Crippen LogP) is 1.84. The zero-order chi connectivity index (χ0) is 13.0. The number of nitrogens with zero attached hydrogens (tertiary/aromatic N) is 3. The first-order chi connectivity index (χ1) is 8.74. The van der Waals surface area contributed by atoms with Crippen LogP contribution >= 0.6 is 0 Å². The van der Waals surface area contributed by atoms with Crippen LogP contribution in [0.4, 0.5) is 5.82 Å². The lowest BCUT2D eigenvalue weighted by molar-refractivity contribution is 0.583. The van der Waals surface area contributed by atoms with Gasteiger partial charge in [0, 0.05) is 24.8 Å². The number of aromatic nitrogens is 1. The lowest BCUT2D eigenvalue weighted by Crippen LogP contribution is -2.38. The number of nitrogens with one attached hydrogen (secondary N) is 1. The number of nitriles is 1. The van der Waals surface area contributed by atoms with Gasteiger partial charge in [-0.15, -0.1) is 0 Å². The van der Waals surface area contributed by atoms with E-state index in [9.17, 15) is 5.26 Å². The maximum Gasteiger partial charge on any atom is 0.146 e. The molecule has 1 aliphatic heterocycles. The van der Waals surface area contributed by atoms with E-state index < -0.39 is 0 Å². The Morgan fingerprint density at radius 3 is 3.00 bits per heavy atom. The van der Waals surface area contributed by atoms with E-state index in [0.29, 0.717) is 11.6 Å². The van der Waals surface area contributed by atoms with Gasteiger partial charge in [-0.05, 0) is 45.4 Å². The Labute approximate surface area is 109 Å². The molecule has 18 heavy (non-hydrogen) atoms. The molecule has 2 heterocycles. The molecule has 2 rings (SSSR count). The molecule has 1 aromatic heterocycles. The predicted molar refractivity (Wildman–Crippen MR) is 72.6 cm³/mol. The number of rotatable bonds is 4. The molecule has 0 saturated carbocycles. The number of aryl methyl sites for hydroxylation is 1. The fourth-order valence-corrected chi connectivity index (χ4v) is 2.42. The van der Waals surface area contributed by atoms with E-state index in [1.807, 2.05) is 19.1 Å². The van der Waals surface area contributed by atoms with Crippen molar-refractivity contribution in [1.29, 1.82) is 5.26 Å². The van der Waals surface area contributed by atoms with Gasteiger partial charge < -0.3 is 10.2 Å². The summed E-state index contributed by atoms with van der Waals surface area (Å²) in [4.78, 5) is 6.74. The van der Waals surface area contributed by atoms with Gasteiger partial charge in [0.1, 0.15) is 11.9 Å². The summed E-state index contributed by atoms with van der Waals surface area (Å²) in [6, 6.07) is 6.52. The molecule has 4 heteroatoms. The van der Waals surface area contributed by atoms with Gasteiger partial charge in [-0.25, -0.2) is 4.98 Å². The first-order valence-electron chi connectivity index (χ1n) is 6.60. The van der Waals surface area contributed by atoms with Crippen LogP contribution in [-0.4, -0.2) is 30.7 Å². The van der Waals surface area contributed by atoms with Gasteiger partial charge in [-0.2, -0.15) is 5.26 Å². The van der Waals surface area contributed by atoms with Gasteiger partial charge in [0.05, 0.1) is 5.56 Å². The van der Waals surface area contributed by atoms with E-state index in [4.69, 9.17) is 0 Å². The zero-order valence-electron chi connectivity index (χ0n) is 11.1. The molecule has 1 atom stereocenters. The topological polar surface area (TPSA) is 52.0 Å². The molecule has 1 unspecified atom stereocenters. The second-order valence-electron chi connectivity index (χ2n) is 4.77. The molecular formula is C14H20N4. The average Bonchev–Trinajstić information content (AvgIpc) is 2.88. The molecule has 1 aromatic rings. The highest BCUT2D eigenvalue weighted by Gasteiger charge is 2.19. The molecule has 1 aliphatic rings. The molecule has 1 saturated heterocycles. The van der Waals surface area contributed by atoms with Crippen molar-refractivity contribution in [3.63, 3.8) is 0 Å². The van der Waals surface area contributed by atoms with Gasteiger partial charge in [-0.1, -0.05) is 0 Å². The van der Waals surface area contributed by atoms with Crippen LogP contribution in [0.3, 0.4) is 0 Å². The number of pyridine rings is 1. The molecule has 4 nitrogen and oxygen atoms in total. The van der Waals surface area contributed by atoms with Gasteiger partial charge in [-0.3, -0.25) is 0 Å². The minimum absolute atomic E-state index is 0.527. The number of anilines is 1. The molecule has 0 aliphatic carbocycles. The summed E-state index contributed by atoms with van der Waals surface area (Å²) in [5, 5.41) is 12.7. The standard InChI is InChI=1S/C14H20N4/c1-3-18(10-13-5-4-8-16-13)14-12(9-15)7-6-11(2)17-14/h6-7,13,16H,3-5,8,10H2,1-2H3. The number of hydrogen-bond donors (Lipinski definition) is 1. The van der Waals surface area contributed by atoms with E-state index in [0.717, 1.165) is 31.1 Å². The highest BCUT2D eigenvalue weighted by Crippen LogP contribution is 2.19. The zero-order valence-corrected chi connectivity index (χ0v) is 11.1. The first kappa shape index (κ1) is 12.8. The first-order valence-corrected chi connectivity index (χ1v) is 6.60. The molecule has 1 N–H and O–H groups in total. The molecule has 0 spiro atoms. The summed E-state index contributed by atoms with van der Waals surface area (Å²) in [6.45, 7) is 6.99. The van der Waals surface area contributed by atoms with E-state index in [1.165, 1.54) is 12.8 Å². The third-order valence-corrected chi connectivity index (χ3v) is 3.42. The van der Waals surface area contributed by atoms with Crippen LogP contribution in [0, 0.1) is 18.3 Å². The van der Waals surface area contributed by atoms with Crippen molar-refractivity contribution >= 4 is 5.82 Å². The Hall–Kier alpha value is -1.60. The van der Waals surface area contributed by atoms with E-state index >= 15 is 0 Å². The Morgan fingerprint density at radius 2 is 2.39 bits per heavy atom. The summed E-state index contributed by atoms with van der Waals surface area (Å²) in [5.41, 5.74) is 1.63. The maximum absolute atomic E-state index is 9.18. The fourth-order valence-electron chi connectivity index (χ4n) is 2.42. The van der Waals surface area contributed by atoms with Crippen molar-refractivity contribution in [3.05, 3.63) is 23.4 Å². The molecule has 0 bridgehead atoms. The Morgan fingerprint density at radius 1 is 1.56 bits per heavy atom. The monoisotopic (exact) mass is 244 g/mol. The van der Waals surface area contributed by atoms with Crippen LogP contribution in [0.5, 0.6) is 0 Å². The minimum atomic E-state index is 0.527. The normalized spacial score (nSPS) is 18.6. The fraction of sp³-hybridized carbons (Fsp3) is 0.571. The average molecular weight is 244 g/mol. The molecule has 0 aromatic carbocycles. The Kier molecular flexibility index (Phi) is 4.16. The largest absolute Gasteiger partial charge is 0.354 e. The third-order valence-electron chi connectivity index (χ3n) is 3.42. The lowest BCUT2D eigenvalue weighted by Gasteiger charge is -2.26. The maximum atomic E-state index is 9.18. The quantitative estimate of drug-likeness (QED) is 0.878. The molecule has 0 amide bonds. The van der Waals surface area contributed by atoms with Gasteiger partial charge in [0.25, 0.3) is 0 Å². The van der Waals surface area contributed by atoms with Gasteiger partial charge >= 0.3 is 0 Å². The van der Waals surface area contributed by atoms with Crippen LogP contribution in [0.15, 0.2) is 12.1 Å². The number of hydrogen-bond acceptors (Lipinski definition) is 4. The van der Waals surface area contributed by atoms with Crippen molar-refractivity contribution in [2.45, 2.75) is 32.7 Å². The molecule has 0 radical (unpaired) electrons. The summed E-state index contributed by atoms with van der Waals surface area (Å²) < 4.78 is 0. The SMILES string of the molecule is CCN(CC1CCCN1)c1nc(C)ccc1C#N. The van der Waals surface area contributed by atoms with Gasteiger partial charge in [0.2, 0.25) is 0 Å². The second kappa shape index (κ2) is 5.83. The van der Waals surface area contributed by atoms with E-state index in [1.54, 1.807) is 0 Å². The summed E-state index contributed by atoms with van der Waals surface area (Å²) >= 11 is 0. The Balaban J connectivity index is 2.20. The lowest BCUT2D eigenvalue weighted by atomic mass is 10.2. The molecular weight excluding hydrogens is 224 g/mol. The molecule has 96 valence electrons. The number of likely N-dealkylation sites (N-methyl/N-ethyl adjacent to an activating group) is 1. The van der Waals surface area contributed by atoms with Crippen LogP contribution in [0.1, 0.15) is 31.0 Å². The van der Waals surface area contributed by atoms with E-state index in [2.05, 4.69) is 28.2 Å². The van der Waals surface area contributed by atoms with Crippen molar-refractivity contribution in [3.8, 4) is 6.07 Å². The third kappa shape index (κ3) is 2.80. The highest BCUT2D eigenvalue weighted by molar-refractivity contribution is 5.54. The van der Waals surface area contributed by atoms with Crippen molar-refractivity contribution < 1.29 is 0 Å². The summed E-state index contributed by atoms with van der Waals surface area (Å²) in [5.74, 6) is 0.828. The summed E-state index contributed by atoms with van der Waals surface area (Å²) in [6.07, 6.45) is 2.46. The van der Waals surface area contributed by atoms with Gasteiger partial charge in [0.15, 0.2) is 0 Å². The smallest absolute Gasteiger partial charge is 0.146 e.